The van der Waals surface area contributed by atoms with Gasteiger partial charge in [-0.15, -0.1) is 0 Å². The summed E-state index contributed by atoms with van der Waals surface area (Å²) in [4.78, 5) is 0. The highest BCUT2D eigenvalue weighted by Crippen LogP contribution is 2.22. The van der Waals surface area contributed by atoms with E-state index in [9.17, 15) is 0 Å². The molecule has 1 fully saturated rings. The Bertz CT molecular complexity index is 677. The van der Waals surface area contributed by atoms with Crippen molar-refractivity contribution in [3.8, 4) is 0 Å². The lowest BCUT2D eigenvalue weighted by atomic mass is 10.1. The molecule has 0 saturated carbocycles. The molecule has 0 aromatic carbocycles. The summed E-state index contributed by atoms with van der Waals surface area (Å²) in [6, 6.07) is 0. The number of hydrogen-bond acceptors (Lipinski definition) is 2. The monoisotopic (exact) mass is 629 g/mol. The molecule has 0 unspecified atom stereocenters. The molecule has 0 amide bonds. The maximum absolute atomic E-state index is 6.39. The highest BCUT2D eigenvalue weighted by molar-refractivity contribution is 4.93. The van der Waals surface area contributed by atoms with Gasteiger partial charge in [-0.1, -0.05) is 140 Å². The first-order chi connectivity index (χ1) is 22.1. The Morgan fingerprint density at radius 2 is 0.733 bits per heavy atom. The molecule has 1 aliphatic rings. The summed E-state index contributed by atoms with van der Waals surface area (Å²) in [6.07, 6.45) is 50.3. The quantitative estimate of drug-likeness (QED) is 0.0419. The molecule has 0 spiro atoms. The van der Waals surface area contributed by atoms with E-state index in [4.69, 9.17) is 9.47 Å². The van der Waals surface area contributed by atoms with Crippen molar-refractivity contribution in [2.24, 2.45) is 0 Å². The maximum Gasteiger partial charge on any atom is 0.138 e. The summed E-state index contributed by atoms with van der Waals surface area (Å²) in [5.74, 6) is 0. The number of rotatable bonds is 32. The van der Waals surface area contributed by atoms with E-state index in [1.165, 1.54) is 141 Å². The second-order valence-corrected chi connectivity index (χ2v) is 14.3. The van der Waals surface area contributed by atoms with Crippen LogP contribution in [-0.4, -0.2) is 57.1 Å². The molecular formula is C42H78NO2+. The van der Waals surface area contributed by atoms with Crippen LogP contribution in [-0.2, 0) is 9.47 Å². The third-order valence-electron chi connectivity index (χ3n) is 9.12. The van der Waals surface area contributed by atoms with Crippen molar-refractivity contribution in [2.45, 2.75) is 180 Å². The summed E-state index contributed by atoms with van der Waals surface area (Å²) in [6.45, 7) is 8.48. The molecule has 0 aliphatic carbocycles. The Morgan fingerprint density at radius 3 is 1.09 bits per heavy atom. The van der Waals surface area contributed by atoms with Gasteiger partial charge in [-0.2, -0.15) is 0 Å². The van der Waals surface area contributed by atoms with Crippen molar-refractivity contribution in [1.29, 1.82) is 0 Å². The van der Waals surface area contributed by atoms with Crippen LogP contribution in [0.4, 0.5) is 0 Å². The predicted molar refractivity (Wildman–Crippen MR) is 200 cm³/mol. The lowest BCUT2D eigenvalue weighted by molar-refractivity contribution is -0.880. The van der Waals surface area contributed by atoms with Crippen LogP contribution in [0.3, 0.4) is 0 Å². The third kappa shape index (κ3) is 27.6. The van der Waals surface area contributed by atoms with E-state index in [1.807, 2.05) is 0 Å². The number of likely N-dealkylation sites (N-methyl/N-ethyl adjacent to an activating group) is 1. The average molecular weight is 629 g/mol. The topological polar surface area (TPSA) is 18.5 Å². The number of hydrogen-bond donors (Lipinski definition) is 0. The van der Waals surface area contributed by atoms with Gasteiger partial charge in [-0.25, -0.2) is 0 Å². The van der Waals surface area contributed by atoms with Crippen LogP contribution in [0.1, 0.15) is 168 Å². The summed E-state index contributed by atoms with van der Waals surface area (Å²) >= 11 is 0. The van der Waals surface area contributed by atoms with Gasteiger partial charge >= 0.3 is 0 Å². The van der Waals surface area contributed by atoms with Gasteiger partial charge < -0.3 is 14.0 Å². The molecule has 1 rings (SSSR count). The molecular weight excluding hydrogens is 550 g/mol. The molecule has 0 radical (unpaired) electrons. The largest absolute Gasteiger partial charge is 0.369 e. The zero-order valence-electron chi connectivity index (χ0n) is 30.8. The number of unbranched alkanes of at least 4 members (excludes halogenated alkanes) is 18. The van der Waals surface area contributed by atoms with E-state index < -0.39 is 0 Å². The highest BCUT2D eigenvalue weighted by atomic mass is 16.5. The van der Waals surface area contributed by atoms with Crippen molar-refractivity contribution in [3.05, 3.63) is 48.6 Å². The van der Waals surface area contributed by atoms with Crippen LogP contribution >= 0.6 is 0 Å². The molecule has 1 aliphatic heterocycles. The molecule has 0 aromatic rings. The first-order valence-corrected chi connectivity index (χ1v) is 19.7. The normalized spacial score (nSPS) is 18.6. The zero-order chi connectivity index (χ0) is 32.5. The number of quaternary nitrogens is 1. The molecule has 45 heavy (non-hydrogen) atoms. The van der Waals surface area contributed by atoms with Gasteiger partial charge in [-0.05, 0) is 77.0 Å². The summed E-state index contributed by atoms with van der Waals surface area (Å²) in [5, 5.41) is 0. The second kappa shape index (κ2) is 31.4. The summed E-state index contributed by atoms with van der Waals surface area (Å²) in [5.41, 5.74) is 0. The fraction of sp³-hybridized carbons (Fsp3) is 0.810. The van der Waals surface area contributed by atoms with E-state index in [1.54, 1.807) is 0 Å². The summed E-state index contributed by atoms with van der Waals surface area (Å²) in [7, 11) is 4.64. The van der Waals surface area contributed by atoms with Gasteiger partial charge in [0, 0.05) is 13.2 Å². The summed E-state index contributed by atoms with van der Waals surface area (Å²) < 4.78 is 13.8. The molecule has 2 atom stereocenters. The Morgan fingerprint density at radius 1 is 0.422 bits per heavy atom. The highest BCUT2D eigenvalue weighted by Gasteiger charge is 2.41. The molecule has 1 heterocycles. The van der Waals surface area contributed by atoms with Gasteiger partial charge in [0.15, 0.2) is 0 Å². The van der Waals surface area contributed by atoms with E-state index in [0.717, 1.165) is 43.6 Å². The lowest BCUT2D eigenvalue weighted by Crippen LogP contribution is -2.38. The SMILES string of the molecule is CCCCC/C=C\C/C=C\CCCCCCCCO[C@H]1C[N+](C)(C)C[C@@H]1OCCCCCCCC/C=C\C/C=C\CCCCC. The van der Waals surface area contributed by atoms with Crippen molar-refractivity contribution < 1.29 is 14.0 Å². The first kappa shape index (κ1) is 41.9. The fourth-order valence-corrected chi connectivity index (χ4v) is 6.25. The Labute approximate surface area is 282 Å². The van der Waals surface area contributed by atoms with E-state index in [2.05, 4.69) is 76.6 Å². The van der Waals surface area contributed by atoms with Crippen LogP contribution in [0, 0.1) is 0 Å². The third-order valence-corrected chi connectivity index (χ3v) is 9.12. The van der Waals surface area contributed by atoms with Gasteiger partial charge in [0.2, 0.25) is 0 Å². The molecule has 0 bridgehead atoms. The number of likely N-dealkylation sites (tertiary alicyclic amines) is 1. The number of ether oxygens (including phenoxy) is 2. The number of nitrogens with zero attached hydrogens (tertiary/aromatic N) is 1. The maximum atomic E-state index is 6.39. The lowest BCUT2D eigenvalue weighted by Gasteiger charge is -2.22. The van der Waals surface area contributed by atoms with Gasteiger partial charge in [-0.3, -0.25) is 0 Å². The van der Waals surface area contributed by atoms with E-state index in [0.29, 0.717) is 0 Å². The first-order valence-electron chi connectivity index (χ1n) is 19.7. The van der Waals surface area contributed by atoms with Crippen LogP contribution in [0.5, 0.6) is 0 Å². The zero-order valence-corrected chi connectivity index (χ0v) is 30.8. The molecule has 262 valence electrons. The van der Waals surface area contributed by atoms with E-state index in [-0.39, 0.29) is 12.2 Å². The van der Waals surface area contributed by atoms with Crippen molar-refractivity contribution in [2.75, 3.05) is 40.4 Å². The molecule has 0 aromatic heterocycles. The standard InChI is InChI=1S/C42H78NO2/c1-5-7-9-11-13-15-17-19-21-23-25-27-29-31-33-35-37-44-41-39-43(3,4)40-42(41)45-38-36-34-32-30-28-26-24-22-20-18-16-14-12-10-8-6-2/h13-16,19-22,41-42H,5-12,17-18,23-40H2,1-4H3/q+1/b15-13-,16-14-,21-19-,22-20-/t41-,42-/m0/s1. The molecule has 3 nitrogen and oxygen atoms in total. The minimum absolute atomic E-state index is 0.266. The Hall–Kier alpha value is -1.16. The van der Waals surface area contributed by atoms with Crippen molar-refractivity contribution >= 4 is 0 Å². The van der Waals surface area contributed by atoms with Crippen LogP contribution < -0.4 is 0 Å². The van der Waals surface area contributed by atoms with E-state index >= 15 is 0 Å². The minimum Gasteiger partial charge on any atom is -0.369 e. The van der Waals surface area contributed by atoms with Crippen molar-refractivity contribution in [1.82, 2.24) is 0 Å². The molecule has 0 N–H and O–H groups in total. The fourth-order valence-electron chi connectivity index (χ4n) is 6.25. The van der Waals surface area contributed by atoms with Gasteiger partial charge in [0.05, 0.1) is 14.1 Å². The van der Waals surface area contributed by atoms with Crippen molar-refractivity contribution in [3.63, 3.8) is 0 Å². The minimum atomic E-state index is 0.266. The second-order valence-electron chi connectivity index (χ2n) is 14.3. The Balaban J connectivity index is 1.96. The predicted octanol–water partition coefficient (Wildman–Crippen LogP) is 12.5. The van der Waals surface area contributed by atoms with Crippen LogP contribution in [0.15, 0.2) is 48.6 Å². The van der Waals surface area contributed by atoms with Gasteiger partial charge in [0.25, 0.3) is 0 Å². The molecule has 3 heteroatoms. The smallest absolute Gasteiger partial charge is 0.138 e. The molecule has 1 saturated heterocycles. The average Bonchev–Trinajstić information content (AvgIpc) is 3.32. The number of allylic oxidation sites excluding steroid dienone is 8. The van der Waals surface area contributed by atoms with Crippen LogP contribution in [0.2, 0.25) is 0 Å². The van der Waals surface area contributed by atoms with Gasteiger partial charge in [0.1, 0.15) is 25.3 Å². The van der Waals surface area contributed by atoms with Crippen LogP contribution in [0.25, 0.3) is 0 Å². The Kier molecular flexibility index (Phi) is 29.2.